The summed E-state index contributed by atoms with van der Waals surface area (Å²) in [5.41, 5.74) is -0.630. The Morgan fingerprint density at radius 3 is 2.36 bits per heavy atom. The van der Waals surface area contributed by atoms with E-state index in [9.17, 15) is 14.4 Å². The van der Waals surface area contributed by atoms with Crippen LogP contribution in [0.3, 0.4) is 0 Å². The van der Waals surface area contributed by atoms with E-state index in [1.807, 2.05) is 6.92 Å². The van der Waals surface area contributed by atoms with Gasteiger partial charge in [-0.25, -0.2) is 0 Å². The summed E-state index contributed by atoms with van der Waals surface area (Å²) in [6, 6.07) is 0. The largest absolute Gasteiger partial charge is 0.460 e. The van der Waals surface area contributed by atoms with Crippen LogP contribution >= 0.6 is 22.6 Å². The number of carbonyl (C=O) groups excluding carboxylic acids is 3. The molecule has 2 fully saturated rings. The molecule has 0 spiro atoms. The van der Waals surface area contributed by atoms with Crippen LogP contribution in [0.1, 0.15) is 40.5 Å². The third-order valence-electron chi connectivity index (χ3n) is 5.06. The Morgan fingerprint density at radius 1 is 1.24 bits per heavy atom. The predicted molar refractivity (Wildman–Crippen MR) is 99.3 cm³/mol. The normalized spacial score (nSPS) is 35.3. The number of fused-ring (bicyclic) bond motifs is 2. The molecule has 0 aromatic rings. The fraction of sp³-hybridized carbons (Fsp3) is 0.833. The fourth-order valence-electron chi connectivity index (χ4n) is 4.07. The van der Waals surface area contributed by atoms with Crippen molar-refractivity contribution in [3.63, 3.8) is 0 Å². The summed E-state index contributed by atoms with van der Waals surface area (Å²) < 4.78 is 16.5. The van der Waals surface area contributed by atoms with Crippen molar-refractivity contribution >= 4 is 40.8 Å². The third kappa shape index (κ3) is 4.18. The van der Waals surface area contributed by atoms with Crippen LogP contribution in [-0.4, -0.2) is 47.1 Å². The van der Waals surface area contributed by atoms with Gasteiger partial charge in [0.25, 0.3) is 0 Å². The Labute approximate surface area is 162 Å². The van der Waals surface area contributed by atoms with Gasteiger partial charge in [0, 0.05) is 18.9 Å². The highest BCUT2D eigenvalue weighted by molar-refractivity contribution is 14.1. The molecule has 0 saturated heterocycles. The van der Waals surface area contributed by atoms with Gasteiger partial charge in [0.05, 0.1) is 12.0 Å². The molecule has 25 heavy (non-hydrogen) atoms. The van der Waals surface area contributed by atoms with Crippen LogP contribution in [0.4, 0.5) is 0 Å². The standard InChI is InChI=1S/C18H27IO6/c1-6-12(19)16(21)24-15-10-7-9(14(15)23-5)11(8-20)13(10)17(22)25-18(2,3)4/h8-15H,6-7H2,1-5H3. The molecule has 0 N–H and O–H groups in total. The second kappa shape index (κ2) is 7.90. The van der Waals surface area contributed by atoms with Crippen LogP contribution in [0.15, 0.2) is 0 Å². The van der Waals surface area contributed by atoms with E-state index >= 15 is 0 Å². The van der Waals surface area contributed by atoms with Crippen molar-refractivity contribution in [2.75, 3.05) is 7.11 Å². The molecular formula is C18H27IO6. The Hall–Kier alpha value is -0.700. The molecular weight excluding hydrogens is 439 g/mol. The van der Waals surface area contributed by atoms with E-state index in [1.54, 1.807) is 27.9 Å². The van der Waals surface area contributed by atoms with Gasteiger partial charge in [0.2, 0.25) is 0 Å². The maximum absolute atomic E-state index is 12.7. The van der Waals surface area contributed by atoms with Crippen molar-refractivity contribution < 1.29 is 28.6 Å². The Bertz CT molecular complexity index is 528. The average Bonchev–Trinajstić information content (AvgIpc) is 3.07. The molecule has 7 unspecified atom stereocenters. The van der Waals surface area contributed by atoms with E-state index < -0.39 is 29.5 Å². The minimum Gasteiger partial charge on any atom is -0.460 e. The molecule has 2 rings (SSSR count). The number of ether oxygens (including phenoxy) is 3. The van der Waals surface area contributed by atoms with E-state index in [0.29, 0.717) is 12.8 Å². The summed E-state index contributed by atoms with van der Waals surface area (Å²) in [6.07, 6.45) is 1.26. The fourth-order valence-corrected chi connectivity index (χ4v) is 4.22. The van der Waals surface area contributed by atoms with Crippen molar-refractivity contribution in [3.05, 3.63) is 0 Å². The molecule has 0 aromatic heterocycles. The molecule has 2 bridgehead atoms. The Morgan fingerprint density at radius 2 is 1.88 bits per heavy atom. The highest BCUT2D eigenvalue weighted by atomic mass is 127. The van der Waals surface area contributed by atoms with Crippen molar-refractivity contribution in [1.82, 2.24) is 0 Å². The maximum atomic E-state index is 12.7. The molecule has 0 aromatic carbocycles. The first-order chi connectivity index (χ1) is 11.6. The number of rotatable bonds is 6. The number of halogens is 1. The molecule has 0 aliphatic heterocycles. The number of aldehydes is 1. The molecule has 0 amide bonds. The van der Waals surface area contributed by atoms with Gasteiger partial charge in [-0.05, 0) is 39.5 Å². The summed E-state index contributed by atoms with van der Waals surface area (Å²) in [4.78, 5) is 36.6. The van der Waals surface area contributed by atoms with E-state index in [4.69, 9.17) is 14.2 Å². The molecule has 2 aliphatic rings. The van der Waals surface area contributed by atoms with Crippen molar-refractivity contribution in [2.45, 2.75) is 62.3 Å². The quantitative estimate of drug-likeness (QED) is 0.259. The van der Waals surface area contributed by atoms with Crippen LogP contribution in [0.25, 0.3) is 0 Å². The monoisotopic (exact) mass is 466 g/mol. The minimum absolute atomic E-state index is 0.128. The number of methoxy groups -OCH3 is 1. The Kier molecular flexibility index (Phi) is 6.51. The summed E-state index contributed by atoms with van der Waals surface area (Å²) >= 11 is 2.05. The SMILES string of the molecule is CCC(I)C(=O)OC1C2CC(C(C=O)C2C(=O)OC(C)(C)C)C1OC. The number of hydrogen-bond donors (Lipinski definition) is 0. The topological polar surface area (TPSA) is 78.9 Å². The first kappa shape index (κ1) is 20.6. The second-order valence-corrected chi connectivity index (χ2v) is 9.32. The molecule has 2 saturated carbocycles. The summed E-state index contributed by atoms with van der Waals surface area (Å²) in [5.74, 6) is -2.11. The minimum atomic E-state index is -0.630. The van der Waals surface area contributed by atoms with Crippen LogP contribution < -0.4 is 0 Å². The maximum Gasteiger partial charge on any atom is 0.319 e. The van der Waals surface area contributed by atoms with Crippen molar-refractivity contribution in [2.24, 2.45) is 23.7 Å². The molecule has 0 radical (unpaired) electrons. The van der Waals surface area contributed by atoms with Gasteiger partial charge in [-0.15, -0.1) is 0 Å². The zero-order valence-electron chi connectivity index (χ0n) is 15.4. The van der Waals surface area contributed by atoms with Gasteiger partial charge < -0.3 is 19.0 Å². The molecule has 7 heteroatoms. The molecule has 2 aliphatic carbocycles. The number of alkyl halides is 1. The van der Waals surface area contributed by atoms with E-state index in [-0.39, 0.29) is 27.8 Å². The lowest BCUT2D eigenvalue weighted by Crippen LogP contribution is -2.49. The summed E-state index contributed by atoms with van der Waals surface area (Å²) in [6.45, 7) is 7.31. The predicted octanol–water partition coefficient (Wildman–Crippen LogP) is 2.55. The van der Waals surface area contributed by atoms with Crippen molar-refractivity contribution in [1.29, 1.82) is 0 Å². The Balaban J connectivity index is 2.23. The molecule has 6 nitrogen and oxygen atoms in total. The number of carbonyl (C=O) groups is 3. The zero-order valence-corrected chi connectivity index (χ0v) is 17.5. The molecule has 7 atom stereocenters. The third-order valence-corrected chi connectivity index (χ3v) is 6.45. The number of esters is 2. The van der Waals surface area contributed by atoms with Gasteiger partial charge in [-0.3, -0.25) is 9.59 Å². The van der Waals surface area contributed by atoms with E-state index in [1.165, 1.54) is 0 Å². The lowest BCUT2D eigenvalue weighted by atomic mass is 9.77. The number of hydrogen-bond acceptors (Lipinski definition) is 6. The highest BCUT2D eigenvalue weighted by Crippen LogP contribution is 2.54. The second-order valence-electron chi connectivity index (χ2n) is 7.81. The lowest BCUT2D eigenvalue weighted by molar-refractivity contribution is -0.179. The van der Waals surface area contributed by atoms with Crippen LogP contribution in [0.5, 0.6) is 0 Å². The van der Waals surface area contributed by atoms with Crippen LogP contribution in [-0.2, 0) is 28.6 Å². The van der Waals surface area contributed by atoms with Crippen LogP contribution in [0, 0.1) is 23.7 Å². The lowest BCUT2D eigenvalue weighted by Gasteiger charge is -2.37. The van der Waals surface area contributed by atoms with Gasteiger partial charge in [-0.2, -0.15) is 0 Å². The zero-order chi connectivity index (χ0) is 18.9. The smallest absolute Gasteiger partial charge is 0.319 e. The summed E-state index contributed by atoms with van der Waals surface area (Å²) in [7, 11) is 1.55. The van der Waals surface area contributed by atoms with Gasteiger partial charge >= 0.3 is 11.9 Å². The molecule has 0 heterocycles. The van der Waals surface area contributed by atoms with E-state index in [2.05, 4.69) is 22.6 Å². The summed E-state index contributed by atoms with van der Waals surface area (Å²) in [5, 5.41) is 0. The van der Waals surface area contributed by atoms with Gasteiger partial charge in [0.15, 0.2) is 0 Å². The first-order valence-corrected chi connectivity index (χ1v) is 9.94. The van der Waals surface area contributed by atoms with Gasteiger partial charge in [-0.1, -0.05) is 29.5 Å². The highest BCUT2D eigenvalue weighted by Gasteiger charge is 2.63. The van der Waals surface area contributed by atoms with Crippen LogP contribution in [0.2, 0.25) is 0 Å². The van der Waals surface area contributed by atoms with Crippen molar-refractivity contribution in [3.8, 4) is 0 Å². The molecule has 142 valence electrons. The first-order valence-electron chi connectivity index (χ1n) is 8.70. The van der Waals surface area contributed by atoms with E-state index in [0.717, 1.165) is 6.29 Å². The average molecular weight is 466 g/mol. The van der Waals surface area contributed by atoms with Gasteiger partial charge in [0.1, 0.15) is 21.9 Å².